The quantitative estimate of drug-likeness (QED) is 0.680. The molecule has 0 bridgehead atoms. The highest BCUT2D eigenvalue weighted by molar-refractivity contribution is 7.13. The molecule has 8 heteroatoms. The van der Waals surface area contributed by atoms with E-state index in [0.717, 1.165) is 26.2 Å². The number of thiazole rings is 1. The molecule has 2 saturated heterocycles. The van der Waals surface area contributed by atoms with Crippen LogP contribution in [-0.4, -0.2) is 46.9 Å². The van der Waals surface area contributed by atoms with Crippen molar-refractivity contribution >= 4 is 22.9 Å². The highest BCUT2D eigenvalue weighted by Gasteiger charge is 2.38. The number of carbonyl (C=O) groups is 1. The van der Waals surface area contributed by atoms with Gasteiger partial charge in [-0.3, -0.25) is 14.9 Å². The summed E-state index contributed by atoms with van der Waals surface area (Å²) in [6.07, 6.45) is 0. The number of fused-ring (bicyclic) bond motifs is 1. The van der Waals surface area contributed by atoms with E-state index in [-0.39, 0.29) is 11.6 Å². The second-order valence-corrected chi connectivity index (χ2v) is 7.09. The maximum atomic E-state index is 12.6. The molecular weight excluding hydrogens is 328 g/mol. The lowest BCUT2D eigenvalue weighted by molar-refractivity contribution is -0.384. The van der Waals surface area contributed by atoms with E-state index in [2.05, 4.69) is 10.3 Å². The van der Waals surface area contributed by atoms with Gasteiger partial charge in [0.1, 0.15) is 10.7 Å². The maximum Gasteiger partial charge on any atom is 0.273 e. The largest absolute Gasteiger partial charge is 0.337 e. The molecule has 1 amide bonds. The van der Waals surface area contributed by atoms with Gasteiger partial charge in [0.2, 0.25) is 0 Å². The first-order valence-corrected chi connectivity index (χ1v) is 8.70. The normalized spacial score (nSPS) is 22.6. The molecule has 2 aromatic rings. The standard InChI is InChI=1S/C16H16N4O3S/c21-16(19-7-11-5-17-6-12(11)8-19)14-9-24-15(18-14)10-2-1-3-13(4-10)20(22)23/h1-4,9,11-12,17H,5-8H2/t11-,12+. The lowest BCUT2D eigenvalue weighted by atomic mass is 10.0. The van der Waals surface area contributed by atoms with Gasteiger partial charge < -0.3 is 10.2 Å². The monoisotopic (exact) mass is 344 g/mol. The van der Waals surface area contributed by atoms with Crippen LogP contribution >= 0.6 is 11.3 Å². The fourth-order valence-electron chi connectivity index (χ4n) is 3.44. The molecule has 4 rings (SSSR count). The fraction of sp³-hybridized carbons (Fsp3) is 0.375. The van der Waals surface area contributed by atoms with Crippen LogP contribution in [0.5, 0.6) is 0 Å². The van der Waals surface area contributed by atoms with Crippen molar-refractivity contribution in [3.63, 3.8) is 0 Å². The lowest BCUT2D eigenvalue weighted by Crippen LogP contribution is -2.32. The molecule has 7 nitrogen and oxygen atoms in total. The number of likely N-dealkylation sites (tertiary alicyclic amines) is 1. The number of nitro benzene ring substituents is 1. The summed E-state index contributed by atoms with van der Waals surface area (Å²) in [6, 6.07) is 6.33. The maximum absolute atomic E-state index is 12.6. The van der Waals surface area contributed by atoms with E-state index in [1.54, 1.807) is 17.5 Å². The van der Waals surface area contributed by atoms with Gasteiger partial charge in [-0.25, -0.2) is 4.98 Å². The van der Waals surface area contributed by atoms with Crippen molar-refractivity contribution < 1.29 is 9.72 Å². The summed E-state index contributed by atoms with van der Waals surface area (Å²) in [5, 5.41) is 16.6. The summed E-state index contributed by atoms with van der Waals surface area (Å²) in [6.45, 7) is 3.51. The number of nitrogens with zero attached hydrogens (tertiary/aromatic N) is 3. The summed E-state index contributed by atoms with van der Waals surface area (Å²) < 4.78 is 0. The van der Waals surface area contributed by atoms with Gasteiger partial charge in [-0.05, 0) is 11.8 Å². The van der Waals surface area contributed by atoms with Crippen molar-refractivity contribution in [2.45, 2.75) is 0 Å². The Balaban J connectivity index is 1.53. The van der Waals surface area contributed by atoms with Gasteiger partial charge in [0, 0.05) is 49.3 Å². The molecule has 124 valence electrons. The van der Waals surface area contributed by atoms with Crippen molar-refractivity contribution in [1.82, 2.24) is 15.2 Å². The minimum absolute atomic E-state index is 0.0236. The molecular formula is C16H16N4O3S. The number of hydrogen-bond donors (Lipinski definition) is 1. The van der Waals surface area contributed by atoms with E-state index in [1.807, 2.05) is 4.90 Å². The molecule has 0 unspecified atom stereocenters. The first-order valence-electron chi connectivity index (χ1n) is 7.82. The van der Waals surface area contributed by atoms with Crippen molar-refractivity contribution in [3.8, 4) is 10.6 Å². The van der Waals surface area contributed by atoms with Crippen LogP contribution < -0.4 is 5.32 Å². The highest BCUT2D eigenvalue weighted by Crippen LogP contribution is 2.30. The highest BCUT2D eigenvalue weighted by atomic mass is 32.1. The fourth-order valence-corrected chi connectivity index (χ4v) is 4.23. The Kier molecular flexibility index (Phi) is 3.78. The zero-order valence-corrected chi connectivity index (χ0v) is 13.7. The molecule has 24 heavy (non-hydrogen) atoms. The van der Waals surface area contributed by atoms with Gasteiger partial charge in [-0.15, -0.1) is 11.3 Å². The minimum Gasteiger partial charge on any atom is -0.337 e. The molecule has 0 aliphatic carbocycles. The van der Waals surface area contributed by atoms with Gasteiger partial charge in [-0.2, -0.15) is 0 Å². The predicted molar refractivity (Wildman–Crippen MR) is 90.0 cm³/mol. The van der Waals surface area contributed by atoms with Crippen molar-refractivity contribution in [3.05, 3.63) is 45.5 Å². The van der Waals surface area contributed by atoms with Crippen molar-refractivity contribution in [1.29, 1.82) is 0 Å². The topological polar surface area (TPSA) is 88.4 Å². The second-order valence-electron chi connectivity index (χ2n) is 6.23. The summed E-state index contributed by atoms with van der Waals surface area (Å²) in [4.78, 5) is 29.4. The number of benzene rings is 1. The Bertz CT molecular complexity index is 794. The van der Waals surface area contributed by atoms with Crippen LogP contribution in [0.2, 0.25) is 0 Å². The molecule has 0 radical (unpaired) electrons. The minimum atomic E-state index is -0.430. The van der Waals surface area contributed by atoms with Gasteiger partial charge >= 0.3 is 0 Å². The molecule has 1 aromatic heterocycles. The molecule has 1 aromatic carbocycles. The third-order valence-electron chi connectivity index (χ3n) is 4.70. The molecule has 2 aliphatic rings. The van der Waals surface area contributed by atoms with Crippen molar-refractivity contribution in [2.75, 3.05) is 26.2 Å². The molecule has 0 saturated carbocycles. The number of nitro groups is 1. The van der Waals surface area contributed by atoms with Gasteiger partial charge in [-0.1, -0.05) is 12.1 Å². The van der Waals surface area contributed by atoms with Gasteiger partial charge in [0.15, 0.2) is 0 Å². The molecule has 3 heterocycles. The van der Waals surface area contributed by atoms with E-state index in [0.29, 0.717) is 28.1 Å². The number of non-ortho nitro benzene ring substituents is 1. The zero-order chi connectivity index (χ0) is 16.7. The first-order chi connectivity index (χ1) is 11.6. The Morgan fingerprint density at radius 1 is 1.33 bits per heavy atom. The van der Waals surface area contributed by atoms with Crippen LogP contribution in [0.3, 0.4) is 0 Å². The van der Waals surface area contributed by atoms with Gasteiger partial charge in [0.05, 0.1) is 4.92 Å². The SMILES string of the molecule is O=C(c1csc(-c2cccc([N+](=O)[O-])c2)n1)N1C[C@H]2CNC[C@H]2C1. The average molecular weight is 344 g/mol. The summed E-state index contributed by atoms with van der Waals surface area (Å²) in [7, 11) is 0. The third-order valence-corrected chi connectivity index (χ3v) is 5.60. The van der Waals surface area contributed by atoms with E-state index < -0.39 is 4.92 Å². The van der Waals surface area contributed by atoms with Crippen LogP contribution in [0, 0.1) is 22.0 Å². The van der Waals surface area contributed by atoms with Crippen LogP contribution in [0.1, 0.15) is 10.5 Å². The third kappa shape index (κ3) is 2.67. The van der Waals surface area contributed by atoms with Crippen LogP contribution in [0.4, 0.5) is 5.69 Å². The Morgan fingerprint density at radius 3 is 2.79 bits per heavy atom. The second kappa shape index (κ2) is 5.95. The van der Waals surface area contributed by atoms with Crippen LogP contribution in [0.15, 0.2) is 29.6 Å². The van der Waals surface area contributed by atoms with E-state index in [4.69, 9.17) is 0 Å². The van der Waals surface area contributed by atoms with Crippen LogP contribution in [0.25, 0.3) is 10.6 Å². The first kappa shape index (κ1) is 15.2. The Hall–Kier alpha value is -2.32. The Labute approximate surface area is 142 Å². The predicted octanol–water partition coefficient (Wildman–Crippen LogP) is 2.01. The number of amides is 1. The van der Waals surface area contributed by atoms with Crippen LogP contribution in [-0.2, 0) is 0 Å². The molecule has 0 spiro atoms. The zero-order valence-electron chi connectivity index (χ0n) is 12.8. The summed E-state index contributed by atoms with van der Waals surface area (Å²) >= 11 is 1.34. The molecule has 2 atom stereocenters. The van der Waals surface area contributed by atoms with E-state index in [1.165, 1.54) is 23.5 Å². The number of carbonyl (C=O) groups excluding carboxylic acids is 1. The summed E-state index contributed by atoms with van der Waals surface area (Å²) in [5.41, 5.74) is 1.11. The molecule has 2 aliphatic heterocycles. The smallest absolute Gasteiger partial charge is 0.273 e. The molecule has 2 fully saturated rings. The molecule has 1 N–H and O–H groups in total. The Morgan fingerprint density at radius 2 is 2.08 bits per heavy atom. The van der Waals surface area contributed by atoms with E-state index in [9.17, 15) is 14.9 Å². The lowest BCUT2D eigenvalue weighted by Gasteiger charge is -2.15. The average Bonchev–Trinajstić information content (AvgIpc) is 3.29. The van der Waals surface area contributed by atoms with E-state index >= 15 is 0 Å². The number of hydrogen-bond acceptors (Lipinski definition) is 6. The number of aromatic nitrogens is 1. The van der Waals surface area contributed by atoms with Crippen molar-refractivity contribution in [2.24, 2.45) is 11.8 Å². The number of nitrogens with one attached hydrogen (secondary N) is 1. The number of rotatable bonds is 3. The van der Waals surface area contributed by atoms with Gasteiger partial charge in [0.25, 0.3) is 11.6 Å². The summed E-state index contributed by atoms with van der Waals surface area (Å²) in [5.74, 6) is 1.05.